The Balaban J connectivity index is 2.09. The van der Waals surface area contributed by atoms with Crippen LogP contribution in [-0.4, -0.2) is 54.1 Å². The van der Waals surface area contributed by atoms with Gasteiger partial charge in [0.25, 0.3) is 0 Å². The quantitative estimate of drug-likeness (QED) is 0.825. The molecule has 1 amide bonds. The van der Waals surface area contributed by atoms with Crippen LogP contribution in [0.1, 0.15) is 19.5 Å². The average Bonchev–Trinajstić information content (AvgIpc) is 2.39. The highest BCUT2D eigenvalue weighted by atomic mass is 16.5. The molecule has 0 bridgehead atoms. The Morgan fingerprint density at radius 1 is 1.35 bits per heavy atom. The second-order valence-corrected chi connectivity index (χ2v) is 5.51. The van der Waals surface area contributed by atoms with Gasteiger partial charge in [-0.2, -0.15) is 4.98 Å². The van der Waals surface area contributed by atoms with Crippen molar-refractivity contribution < 1.29 is 9.53 Å². The zero-order valence-corrected chi connectivity index (χ0v) is 12.6. The molecule has 1 saturated heterocycles. The second-order valence-electron chi connectivity index (χ2n) is 5.51. The lowest BCUT2D eigenvalue weighted by molar-refractivity contribution is -0.131. The summed E-state index contributed by atoms with van der Waals surface area (Å²) in [5.74, 6) is 1.72. The van der Waals surface area contributed by atoms with Crippen molar-refractivity contribution in [1.82, 2.24) is 14.9 Å². The zero-order valence-electron chi connectivity index (χ0n) is 12.6. The van der Waals surface area contributed by atoms with Crippen molar-refractivity contribution >= 4 is 11.9 Å². The number of ether oxygens (including phenoxy) is 1. The van der Waals surface area contributed by atoms with E-state index in [1.807, 2.05) is 16.7 Å². The fourth-order valence-corrected chi connectivity index (χ4v) is 2.28. The SMILES string of the molecule is COc1cc(C)nc(N2CCN(CC(C)C)C(=O)C2)n1. The number of carbonyl (C=O) groups excluding carboxylic acids is 1. The standard InChI is InChI=1S/C14H22N4O2/c1-10(2)8-17-5-6-18(9-13(17)19)14-15-11(3)7-12(16-14)20-4/h7,10H,5-6,8-9H2,1-4H3. The molecule has 0 aromatic carbocycles. The van der Waals surface area contributed by atoms with Gasteiger partial charge in [-0.15, -0.1) is 0 Å². The van der Waals surface area contributed by atoms with Crippen molar-refractivity contribution in [1.29, 1.82) is 0 Å². The van der Waals surface area contributed by atoms with Crippen LogP contribution in [0.4, 0.5) is 5.95 Å². The summed E-state index contributed by atoms with van der Waals surface area (Å²) in [5, 5.41) is 0. The van der Waals surface area contributed by atoms with Crippen molar-refractivity contribution in [3.8, 4) is 5.88 Å². The Morgan fingerprint density at radius 2 is 2.10 bits per heavy atom. The van der Waals surface area contributed by atoms with E-state index in [2.05, 4.69) is 23.8 Å². The van der Waals surface area contributed by atoms with E-state index in [1.165, 1.54) is 0 Å². The molecule has 6 heteroatoms. The minimum atomic E-state index is 0.133. The van der Waals surface area contributed by atoms with Crippen LogP contribution in [0.2, 0.25) is 0 Å². The van der Waals surface area contributed by atoms with Gasteiger partial charge in [-0.25, -0.2) is 4.98 Å². The van der Waals surface area contributed by atoms with Gasteiger partial charge in [0.15, 0.2) is 0 Å². The molecule has 0 N–H and O–H groups in total. The van der Waals surface area contributed by atoms with E-state index < -0.39 is 0 Å². The Hall–Kier alpha value is -1.85. The highest BCUT2D eigenvalue weighted by molar-refractivity contribution is 5.82. The molecule has 0 atom stereocenters. The van der Waals surface area contributed by atoms with Crippen LogP contribution >= 0.6 is 0 Å². The van der Waals surface area contributed by atoms with Crippen LogP contribution in [-0.2, 0) is 4.79 Å². The molecule has 0 saturated carbocycles. The number of methoxy groups -OCH3 is 1. The first-order valence-electron chi connectivity index (χ1n) is 6.92. The highest BCUT2D eigenvalue weighted by Gasteiger charge is 2.26. The first-order chi connectivity index (χ1) is 9.49. The largest absolute Gasteiger partial charge is 0.481 e. The maximum absolute atomic E-state index is 12.2. The van der Waals surface area contributed by atoms with E-state index in [9.17, 15) is 4.79 Å². The predicted molar refractivity (Wildman–Crippen MR) is 77.0 cm³/mol. The van der Waals surface area contributed by atoms with Crippen molar-refractivity contribution in [2.75, 3.05) is 38.2 Å². The Bertz CT molecular complexity index is 490. The molecule has 0 unspecified atom stereocenters. The second kappa shape index (κ2) is 6.07. The van der Waals surface area contributed by atoms with E-state index >= 15 is 0 Å². The summed E-state index contributed by atoms with van der Waals surface area (Å²) in [7, 11) is 1.58. The minimum absolute atomic E-state index is 0.133. The molecule has 1 aromatic heterocycles. The molecule has 2 rings (SSSR count). The van der Waals surface area contributed by atoms with Gasteiger partial charge in [0.2, 0.25) is 17.7 Å². The van der Waals surface area contributed by atoms with Crippen LogP contribution in [0.25, 0.3) is 0 Å². The third-order valence-corrected chi connectivity index (χ3v) is 3.22. The van der Waals surface area contributed by atoms with Gasteiger partial charge < -0.3 is 14.5 Å². The number of rotatable bonds is 4. The Kier molecular flexibility index (Phi) is 4.42. The molecule has 1 aliphatic heterocycles. The number of piperazine rings is 1. The first kappa shape index (κ1) is 14.6. The lowest BCUT2D eigenvalue weighted by atomic mass is 10.2. The molecule has 1 fully saturated rings. The molecule has 6 nitrogen and oxygen atoms in total. The van der Waals surface area contributed by atoms with E-state index in [4.69, 9.17) is 4.74 Å². The molecule has 0 radical (unpaired) electrons. The van der Waals surface area contributed by atoms with Gasteiger partial charge >= 0.3 is 0 Å². The molecule has 110 valence electrons. The Labute approximate surface area is 119 Å². The van der Waals surface area contributed by atoms with Crippen LogP contribution < -0.4 is 9.64 Å². The maximum Gasteiger partial charge on any atom is 0.242 e. The van der Waals surface area contributed by atoms with Crippen LogP contribution in [0.15, 0.2) is 6.07 Å². The molecular weight excluding hydrogens is 256 g/mol. The first-order valence-corrected chi connectivity index (χ1v) is 6.92. The van der Waals surface area contributed by atoms with E-state index in [0.717, 1.165) is 25.3 Å². The number of carbonyl (C=O) groups is 1. The number of nitrogens with zero attached hydrogens (tertiary/aromatic N) is 4. The summed E-state index contributed by atoms with van der Waals surface area (Å²) in [6.45, 7) is 8.75. The third kappa shape index (κ3) is 3.37. The lowest BCUT2D eigenvalue weighted by Gasteiger charge is -2.35. The fraction of sp³-hybridized carbons (Fsp3) is 0.643. The molecular formula is C14H22N4O2. The molecule has 1 aromatic rings. The molecule has 2 heterocycles. The van der Waals surface area contributed by atoms with E-state index in [1.54, 1.807) is 13.2 Å². The third-order valence-electron chi connectivity index (χ3n) is 3.22. The highest BCUT2D eigenvalue weighted by Crippen LogP contribution is 2.17. The van der Waals surface area contributed by atoms with Crippen LogP contribution in [0, 0.1) is 12.8 Å². The van der Waals surface area contributed by atoms with Crippen molar-refractivity contribution in [3.63, 3.8) is 0 Å². The van der Waals surface area contributed by atoms with Gasteiger partial charge in [-0.05, 0) is 12.8 Å². The van der Waals surface area contributed by atoms with Gasteiger partial charge in [-0.1, -0.05) is 13.8 Å². The van der Waals surface area contributed by atoms with Crippen LogP contribution in [0.3, 0.4) is 0 Å². The van der Waals surface area contributed by atoms with Crippen molar-refractivity contribution in [2.24, 2.45) is 5.92 Å². The van der Waals surface area contributed by atoms with Gasteiger partial charge in [-0.3, -0.25) is 4.79 Å². The number of anilines is 1. The van der Waals surface area contributed by atoms with Gasteiger partial charge in [0.05, 0.1) is 13.7 Å². The minimum Gasteiger partial charge on any atom is -0.481 e. The normalized spacial score (nSPS) is 15.9. The predicted octanol–water partition coefficient (Wildman–Crippen LogP) is 1.10. The summed E-state index contributed by atoms with van der Waals surface area (Å²) >= 11 is 0. The zero-order chi connectivity index (χ0) is 14.7. The molecule has 0 spiro atoms. The van der Waals surface area contributed by atoms with Crippen molar-refractivity contribution in [3.05, 3.63) is 11.8 Å². The average molecular weight is 278 g/mol. The monoisotopic (exact) mass is 278 g/mol. The van der Waals surface area contributed by atoms with E-state index in [0.29, 0.717) is 24.3 Å². The number of aryl methyl sites for hydroxylation is 1. The molecule has 0 aliphatic carbocycles. The molecule has 1 aliphatic rings. The topological polar surface area (TPSA) is 58.6 Å². The fourth-order valence-electron chi connectivity index (χ4n) is 2.28. The summed E-state index contributed by atoms with van der Waals surface area (Å²) in [6.07, 6.45) is 0. The molecule has 20 heavy (non-hydrogen) atoms. The van der Waals surface area contributed by atoms with E-state index in [-0.39, 0.29) is 5.91 Å². The number of hydrogen-bond donors (Lipinski definition) is 0. The summed E-state index contributed by atoms with van der Waals surface area (Å²) < 4.78 is 5.15. The Morgan fingerprint density at radius 3 is 2.70 bits per heavy atom. The smallest absolute Gasteiger partial charge is 0.242 e. The summed E-state index contributed by atoms with van der Waals surface area (Å²) in [5.41, 5.74) is 0.837. The number of amides is 1. The maximum atomic E-state index is 12.2. The van der Waals surface area contributed by atoms with Crippen molar-refractivity contribution in [2.45, 2.75) is 20.8 Å². The van der Waals surface area contributed by atoms with Gasteiger partial charge in [0.1, 0.15) is 0 Å². The summed E-state index contributed by atoms with van der Waals surface area (Å²) in [6, 6.07) is 1.78. The number of aromatic nitrogens is 2. The van der Waals surface area contributed by atoms with Gasteiger partial charge in [0, 0.05) is 31.4 Å². The lowest BCUT2D eigenvalue weighted by Crippen LogP contribution is -2.51. The van der Waals surface area contributed by atoms with Crippen LogP contribution in [0.5, 0.6) is 5.88 Å². The number of hydrogen-bond acceptors (Lipinski definition) is 5. The summed E-state index contributed by atoms with van der Waals surface area (Å²) in [4.78, 5) is 24.7.